The number of benzene rings is 1. The lowest BCUT2D eigenvalue weighted by Crippen LogP contribution is -2.23. The van der Waals surface area contributed by atoms with E-state index in [2.05, 4.69) is 29.8 Å². The van der Waals surface area contributed by atoms with Gasteiger partial charge < -0.3 is 10.5 Å². The van der Waals surface area contributed by atoms with Crippen LogP contribution in [0.1, 0.15) is 33.1 Å². The highest BCUT2D eigenvalue weighted by Gasteiger charge is 2.14. The fraction of sp³-hybridized carbons (Fsp3) is 0.571. The summed E-state index contributed by atoms with van der Waals surface area (Å²) in [7, 11) is 0. The number of rotatable bonds is 7. The minimum absolute atomic E-state index is 0.196. The average molecular weight is 318 g/mol. The standard InChI is InChI=1S/C14H21BrFNO/c1-14(2,10-17)5-3-4-6-18-13-8-11(15)7-12(16)9-13/h7-9H,3-6,10,17H2,1-2H3. The summed E-state index contributed by atoms with van der Waals surface area (Å²) >= 11 is 3.24. The molecule has 0 aromatic heterocycles. The second kappa shape index (κ2) is 7.10. The summed E-state index contributed by atoms with van der Waals surface area (Å²) in [5.41, 5.74) is 5.86. The number of hydrogen-bond donors (Lipinski definition) is 1. The van der Waals surface area contributed by atoms with Crippen molar-refractivity contribution in [2.24, 2.45) is 11.1 Å². The lowest BCUT2D eigenvalue weighted by Gasteiger charge is -2.21. The topological polar surface area (TPSA) is 35.2 Å². The Hall–Kier alpha value is -0.610. The van der Waals surface area contributed by atoms with Gasteiger partial charge in [0.25, 0.3) is 0 Å². The van der Waals surface area contributed by atoms with Crippen molar-refractivity contribution in [1.82, 2.24) is 0 Å². The first-order valence-electron chi connectivity index (χ1n) is 6.22. The molecule has 2 N–H and O–H groups in total. The highest BCUT2D eigenvalue weighted by atomic mass is 79.9. The molecule has 1 rings (SSSR count). The van der Waals surface area contributed by atoms with Gasteiger partial charge in [-0.25, -0.2) is 4.39 Å². The molecule has 2 nitrogen and oxygen atoms in total. The fourth-order valence-corrected chi connectivity index (χ4v) is 2.05. The number of ether oxygens (including phenoxy) is 1. The molecule has 0 bridgehead atoms. The van der Waals surface area contributed by atoms with Crippen LogP contribution in [0, 0.1) is 11.2 Å². The monoisotopic (exact) mass is 317 g/mol. The third kappa shape index (κ3) is 5.83. The second-order valence-electron chi connectivity index (χ2n) is 5.28. The van der Waals surface area contributed by atoms with Crippen molar-refractivity contribution in [1.29, 1.82) is 0 Å². The van der Waals surface area contributed by atoms with E-state index in [1.807, 2.05) is 0 Å². The van der Waals surface area contributed by atoms with Crippen LogP contribution in [-0.2, 0) is 0 Å². The quantitative estimate of drug-likeness (QED) is 0.768. The van der Waals surface area contributed by atoms with Gasteiger partial charge in [-0.3, -0.25) is 0 Å². The van der Waals surface area contributed by atoms with Gasteiger partial charge in [0.15, 0.2) is 0 Å². The average Bonchev–Trinajstić information content (AvgIpc) is 2.27. The van der Waals surface area contributed by atoms with E-state index in [9.17, 15) is 4.39 Å². The van der Waals surface area contributed by atoms with Gasteiger partial charge in [-0.15, -0.1) is 0 Å². The maximum Gasteiger partial charge on any atom is 0.128 e. The summed E-state index contributed by atoms with van der Waals surface area (Å²) in [5, 5.41) is 0. The van der Waals surface area contributed by atoms with Gasteiger partial charge in [0, 0.05) is 10.5 Å². The van der Waals surface area contributed by atoms with Crippen LogP contribution in [0.3, 0.4) is 0 Å². The molecule has 0 saturated carbocycles. The lowest BCUT2D eigenvalue weighted by molar-refractivity contribution is 0.278. The van der Waals surface area contributed by atoms with Crippen molar-refractivity contribution in [2.45, 2.75) is 33.1 Å². The Labute approximate surface area is 117 Å². The van der Waals surface area contributed by atoms with Gasteiger partial charge in [0.05, 0.1) is 6.61 Å². The molecule has 0 amide bonds. The number of unbranched alkanes of at least 4 members (excludes halogenated alkanes) is 1. The highest BCUT2D eigenvalue weighted by Crippen LogP contribution is 2.23. The summed E-state index contributed by atoms with van der Waals surface area (Å²) in [4.78, 5) is 0. The molecule has 4 heteroatoms. The van der Waals surface area contributed by atoms with Crippen molar-refractivity contribution < 1.29 is 9.13 Å². The summed E-state index contributed by atoms with van der Waals surface area (Å²) in [6.07, 6.45) is 3.11. The Morgan fingerprint density at radius 3 is 2.61 bits per heavy atom. The van der Waals surface area contributed by atoms with E-state index < -0.39 is 0 Å². The summed E-state index contributed by atoms with van der Waals surface area (Å²) in [5.74, 6) is 0.281. The van der Waals surface area contributed by atoms with Crippen molar-refractivity contribution >= 4 is 15.9 Å². The van der Waals surface area contributed by atoms with E-state index in [4.69, 9.17) is 10.5 Å². The maximum absolute atomic E-state index is 13.1. The Bertz CT molecular complexity index is 362. The first kappa shape index (κ1) is 15.4. The van der Waals surface area contributed by atoms with Crippen molar-refractivity contribution in [3.8, 4) is 5.75 Å². The summed E-state index contributed by atoms with van der Waals surface area (Å²) < 4.78 is 19.3. The van der Waals surface area contributed by atoms with Crippen LogP contribution in [0.15, 0.2) is 22.7 Å². The van der Waals surface area contributed by atoms with E-state index >= 15 is 0 Å². The molecule has 0 aliphatic rings. The normalized spacial score (nSPS) is 11.6. The molecule has 1 aromatic rings. The zero-order valence-electron chi connectivity index (χ0n) is 11.0. The van der Waals surface area contributed by atoms with Gasteiger partial charge in [0.1, 0.15) is 11.6 Å². The molecule has 0 heterocycles. The molecule has 0 saturated heterocycles. The van der Waals surface area contributed by atoms with Gasteiger partial charge in [0.2, 0.25) is 0 Å². The summed E-state index contributed by atoms with van der Waals surface area (Å²) in [6, 6.07) is 4.58. The third-order valence-electron chi connectivity index (χ3n) is 2.91. The Morgan fingerprint density at radius 2 is 2.00 bits per heavy atom. The molecule has 0 radical (unpaired) electrons. The summed E-state index contributed by atoms with van der Waals surface area (Å²) in [6.45, 7) is 5.64. The number of halogens is 2. The molecule has 0 atom stereocenters. The Morgan fingerprint density at radius 1 is 1.28 bits per heavy atom. The van der Waals surface area contributed by atoms with Crippen LogP contribution in [0.2, 0.25) is 0 Å². The highest BCUT2D eigenvalue weighted by molar-refractivity contribution is 9.10. The van der Waals surface area contributed by atoms with Crippen LogP contribution in [0.25, 0.3) is 0 Å². The minimum Gasteiger partial charge on any atom is -0.493 e. The molecule has 18 heavy (non-hydrogen) atoms. The molecule has 0 fully saturated rings. The van der Waals surface area contributed by atoms with E-state index in [1.165, 1.54) is 12.1 Å². The van der Waals surface area contributed by atoms with Gasteiger partial charge in [-0.1, -0.05) is 29.8 Å². The Balaban J connectivity index is 2.26. The number of nitrogens with two attached hydrogens (primary N) is 1. The smallest absolute Gasteiger partial charge is 0.128 e. The van der Waals surface area contributed by atoms with Crippen molar-refractivity contribution in [3.05, 3.63) is 28.5 Å². The van der Waals surface area contributed by atoms with Gasteiger partial charge in [-0.05, 0) is 43.4 Å². The van der Waals surface area contributed by atoms with E-state index in [1.54, 1.807) is 6.07 Å². The molecule has 0 unspecified atom stereocenters. The van der Waals surface area contributed by atoms with Crippen LogP contribution in [0.5, 0.6) is 5.75 Å². The van der Waals surface area contributed by atoms with Gasteiger partial charge in [-0.2, -0.15) is 0 Å². The van der Waals surface area contributed by atoms with Crippen LogP contribution < -0.4 is 10.5 Å². The second-order valence-corrected chi connectivity index (χ2v) is 6.19. The van der Waals surface area contributed by atoms with Crippen LogP contribution in [-0.4, -0.2) is 13.2 Å². The third-order valence-corrected chi connectivity index (χ3v) is 3.36. The van der Waals surface area contributed by atoms with E-state index in [0.717, 1.165) is 19.3 Å². The first-order chi connectivity index (χ1) is 8.43. The molecule has 1 aromatic carbocycles. The fourth-order valence-electron chi connectivity index (χ4n) is 1.61. The van der Waals surface area contributed by atoms with E-state index in [0.29, 0.717) is 23.4 Å². The number of hydrogen-bond acceptors (Lipinski definition) is 2. The molecule has 0 aliphatic carbocycles. The van der Waals surface area contributed by atoms with Crippen molar-refractivity contribution in [3.63, 3.8) is 0 Å². The van der Waals surface area contributed by atoms with Crippen LogP contribution >= 0.6 is 15.9 Å². The molecule has 102 valence electrons. The molecular formula is C14H21BrFNO. The predicted molar refractivity (Wildman–Crippen MR) is 76.3 cm³/mol. The largest absolute Gasteiger partial charge is 0.493 e. The van der Waals surface area contributed by atoms with Crippen molar-refractivity contribution in [2.75, 3.05) is 13.2 Å². The van der Waals surface area contributed by atoms with Gasteiger partial charge >= 0.3 is 0 Å². The SMILES string of the molecule is CC(C)(CN)CCCCOc1cc(F)cc(Br)c1. The minimum atomic E-state index is -0.288. The zero-order chi connectivity index (χ0) is 13.6. The van der Waals surface area contributed by atoms with E-state index in [-0.39, 0.29) is 11.2 Å². The lowest BCUT2D eigenvalue weighted by atomic mass is 9.87. The molecule has 0 spiro atoms. The maximum atomic E-state index is 13.1. The first-order valence-corrected chi connectivity index (χ1v) is 7.01. The molecule has 0 aliphatic heterocycles. The predicted octanol–water partition coefficient (Wildman–Crippen LogP) is 4.12. The Kier molecular flexibility index (Phi) is 6.09. The van der Waals surface area contributed by atoms with Crippen LogP contribution in [0.4, 0.5) is 4.39 Å². The molecular weight excluding hydrogens is 297 g/mol. The zero-order valence-corrected chi connectivity index (χ0v) is 12.6.